The molecule has 4 aromatic rings. The van der Waals surface area contributed by atoms with Crippen LogP contribution in [0.25, 0.3) is 11.4 Å². The van der Waals surface area contributed by atoms with E-state index >= 15 is 0 Å². The Morgan fingerprint density at radius 1 is 1.03 bits per heavy atom. The van der Waals surface area contributed by atoms with E-state index in [-0.39, 0.29) is 17.6 Å². The number of carbonyl (C=O) groups is 2. The highest BCUT2D eigenvalue weighted by Crippen LogP contribution is 2.28. The molecule has 0 aliphatic carbocycles. The van der Waals surface area contributed by atoms with Crippen LogP contribution in [0.4, 0.5) is 5.69 Å². The molecule has 33 heavy (non-hydrogen) atoms. The van der Waals surface area contributed by atoms with Gasteiger partial charge in [0.15, 0.2) is 11.0 Å². The molecule has 0 fully saturated rings. The SMILES string of the molecule is CNC(=O)c1ccc(NC(=O)CSc2nnc(-c3ccoc3C)n2Cc2ccccc2)cc1. The maximum absolute atomic E-state index is 12.5. The molecule has 0 radical (unpaired) electrons. The molecule has 2 heterocycles. The van der Waals surface area contributed by atoms with E-state index in [0.717, 1.165) is 16.9 Å². The minimum Gasteiger partial charge on any atom is -0.469 e. The maximum atomic E-state index is 12.5. The smallest absolute Gasteiger partial charge is 0.251 e. The Balaban J connectivity index is 1.48. The summed E-state index contributed by atoms with van der Waals surface area (Å²) >= 11 is 1.31. The zero-order valence-corrected chi connectivity index (χ0v) is 19.1. The lowest BCUT2D eigenvalue weighted by molar-refractivity contribution is -0.113. The van der Waals surface area contributed by atoms with Crippen molar-refractivity contribution in [1.82, 2.24) is 20.1 Å². The highest BCUT2D eigenvalue weighted by Gasteiger charge is 2.19. The molecule has 0 bridgehead atoms. The normalized spacial score (nSPS) is 10.7. The first kappa shape index (κ1) is 22.3. The molecule has 9 heteroatoms. The van der Waals surface area contributed by atoms with E-state index in [1.54, 1.807) is 37.6 Å². The molecular formula is C24H23N5O3S. The fourth-order valence-electron chi connectivity index (χ4n) is 3.30. The summed E-state index contributed by atoms with van der Waals surface area (Å²) < 4.78 is 7.44. The number of benzene rings is 2. The molecule has 0 saturated heterocycles. The van der Waals surface area contributed by atoms with Crippen molar-refractivity contribution in [3.05, 3.63) is 83.8 Å². The minimum absolute atomic E-state index is 0.161. The van der Waals surface area contributed by atoms with Crippen molar-refractivity contribution in [3.63, 3.8) is 0 Å². The van der Waals surface area contributed by atoms with Gasteiger partial charge in [0, 0.05) is 18.3 Å². The highest BCUT2D eigenvalue weighted by atomic mass is 32.2. The van der Waals surface area contributed by atoms with E-state index in [1.807, 2.05) is 47.9 Å². The second kappa shape index (κ2) is 10.2. The van der Waals surface area contributed by atoms with E-state index in [0.29, 0.717) is 28.8 Å². The van der Waals surface area contributed by atoms with Gasteiger partial charge >= 0.3 is 0 Å². The van der Waals surface area contributed by atoms with Crippen LogP contribution in [-0.2, 0) is 11.3 Å². The number of rotatable bonds is 8. The van der Waals surface area contributed by atoms with Crippen molar-refractivity contribution in [1.29, 1.82) is 0 Å². The Morgan fingerprint density at radius 2 is 1.79 bits per heavy atom. The number of aromatic nitrogens is 3. The number of nitrogens with one attached hydrogen (secondary N) is 2. The number of hydrogen-bond acceptors (Lipinski definition) is 6. The van der Waals surface area contributed by atoms with Gasteiger partial charge in [-0.25, -0.2) is 0 Å². The molecule has 2 aromatic heterocycles. The molecule has 168 valence electrons. The Morgan fingerprint density at radius 3 is 2.45 bits per heavy atom. The predicted molar refractivity (Wildman–Crippen MR) is 127 cm³/mol. The summed E-state index contributed by atoms with van der Waals surface area (Å²) in [7, 11) is 1.57. The van der Waals surface area contributed by atoms with E-state index in [1.165, 1.54) is 11.8 Å². The third kappa shape index (κ3) is 5.32. The average Bonchev–Trinajstić information content (AvgIpc) is 3.43. The Labute approximate surface area is 195 Å². The first-order valence-corrected chi connectivity index (χ1v) is 11.3. The molecule has 2 aromatic carbocycles. The van der Waals surface area contributed by atoms with Crippen LogP contribution in [0.2, 0.25) is 0 Å². The quantitative estimate of drug-likeness (QED) is 0.385. The topological polar surface area (TPSA) is 102 Å². The van der Waals surface area contributed by atoms with Crippen molar-refractivity contribution < 1.29 is 14.0 Å². The van der Waals surface area contributed by atoms with Crippen LogP contribution in [0.3, 0.4) is 0 Å². The monoisotopic (exact) mass is 461 g/mol. The second-order valence-corrected chi connectivity index (χ2v) is 8.20. The number of anilines is 1. The summed E-state index contributed by atoms with van der Waals surface area (Å²) in [4.78, 5) is 24.2. The van der Waals surface area contributed by atoms with Gasteiger partial charge in [-0.15, -0.1) is 10.2 Å². The summed E-state index contributed by atoms with van der Waals surface area (Å²) in [5, 5.41) is 14.8. The van der Waals surface area contributed by atoms with Gasteiger partial charge in [0.2, 0.25) is 5.91 Å². The zero-order chi connectivity index (χ0) is 23.2. The van der Waals surface area contributed by atoms with Gasteiger partial charge in [0.1, 0.15) is 5.76 Å². The average molecular weight is 462 g/mol. The van der Waals surface area contributed by atoms with Crippen molar-refractivity contribution in [2.45, 2.75) is 18.6 Å². The number of thioether (sulfide) groups is 1. The second-order valence-electron chi connectivity index (χ2n) is 7.26. The number of furan rings is 1. The van der Waals surface area contributed by atoms with Gasteiger partial charge in [-0.1, -0.05) is 42.1 Å². The number of aryl methyl sites for hydroxylation is 1. The molecule has 0 spiro atoms. The van der Waals surface area contributed by atoms with Gasteiger partial charge < -0.3 is 15.1 Å². The van der Waals surface area contributed by atoms with Crippen LogP contribution in [0.5, 0.6) is 0 Å². The summed E-state index contributed by atoms with van der Waals surface area (Å²) in [6, 6.07) is 18.6. The molecule has 0 unspecified atom stereocenters. The van der Waals surface area contributed by atoms with Crippen LogP contribution in [0.15, 0.2) is 76.5 Å². The Bertz CT molecular complexity index is 1250. The van der Waals surface area contributed by atoms with Crippen LogP contribution >= 0.6 is 11.8 Å². The van der Waals surface area contributed by atoms with Gasteiger partial charge in [-0.2, -0.15) is 0 Å². The first-order valence-electron chi connectivity index (χ1n) is 10.3. The lowest BCUT2D eigenvalue weighted by Crippen LogP contribution is -2.18. The molecule has 0 aliphatic rings. The first-order chi connectivity index (χ1) is 16.0. The fourth-order valence-corrected chi connectivity index (χ4v) is 4.03. The predicted octanol–water partition coefficient (Wildman–Crippen LogP) is 3.99. The van der Waals surface area contributed by atoms with Gasteiger partial charge in [0.05, 0.1) is 24.1 Å². The van der Waals surface area contributed by atoms with Crippen molar-refractivity contribution in [2.24, 2.45) is 0 Å². The van der Waals surface area contributed by atoms with Gasteiger partial charge in [0.25, 0.3) is 5.91 Å². The molecule has 8 nitrogen and oxygen atoms in total. The van der Waals surface area contributed by atoms with Crippen LogP contribution in [0, 0.1) is 6.92 Å². The third-order valence-electron chi connectivity index (χ3n) is 4.99. The van der Waals surface area contributed by atoms with Crippen LogP contribution < -0.4 is 10.6 Å². The molecule has 0 aliphatic heterocycles. The molecule has 4 rings (SSSR count). The van der Waals surface area contributed by atoms with Crippen LogP contribution in [0.1, 0.15) is 21.7 Å². The molecule has 2 N–H and O–H groups in total. The fraction of sp³-hybridized carbons (Fsp3) is 0.167. The van der Waals surface area contributed by atoms with Crippen LogP contribution in [-0.4, -0.2) is 39.4 Å². The van der Waals surface area contributed by atoms with E-state index in [4.69, 9.17) is 4.42 Å². The van der Waals surface area contributed by atoms with E-state index < -0.39 is 0 Å². The largest absolute Gasteiger partial charge is 0.469 e. The van der Waals surface area contributed by atoms with E-state index in [2.05, 4.69) is 20.8 Å². The molecule has 2 amide bonds. The van der Waals surface area contributed by atoms with Crippen molar-refractivity contribution >= 4 is 29.3 Å². The lowest BCUT2D eigenvalue weighted by Gasteiger charge is -2.10. The Kier molecular flexibility index (Phi) is 6.89. The minimum atomic E-state index is -0.178. The third-order valence-corrected chi connectivity index (χ3v) is 5.96. The van der Waals surface area contributed by atoms with E-state index in [9.17, 15) is 9.59 Å². The summed E-state index contributed by atoms with van der Waals surface area (Å²) in [5.74, 6) is 1.26. The summed E-state index contributed by atoms with van der Waals surface area (Å²) in [5.41, 5.74) is 3.11. The number of nitrogens with zero attached hydrogens (tertiary/aromatic N) is 3. The molecule has 0 atom stereocenters. The molecular weight excluding hydrogens is 438 g/mol. The number of hydrogen-bond donors (Lipinski definition) is 2. The standard InChI is InChI=1S/C24H23N5O3S/c1-16-20(12-13-32-16)22-27-28-24(29(22)14-17-6-4-3-5-7-17)33-15-21(30)26-19-10-8-18(9-11-19)23(31)25-2/h3-13H,14-15H2,1-2H3,(H,25,31)(H,26,30). The highest BCUT2D eigenvalue weighted by molar-refractivity contribution is 7.99. The maximum Gasteiger partial charge on any atom is 0.251 e. The summed E-state index contributed by atoms with van der Waals surface area (Å²) in [6.07, 6.45) is 1.63. The number of carbonyl (C=O) groups excluding carboxylic acids is 2. The molecule has 0 saturated carbocycles. The van der Waals surface area contributed by atoms with Gasteiger partial charge in [-0.3, -0.25) is 14.2 Å². The summed E-state index contributed by atoms with van der Waals surface area (Å²) in [6.45, 7) is 2.45. The van der Waals surface area contributed by atoms with Gasteiger partial charge in [-0.05, 0) is 42.8 Å². The Hall–Kier alpha value is -3.85. The lowest BCUT2D eigenvalue weighted by atomic mass is 10.2. The zero-order valence-electron chi connectivity index (χ0n) is 18.2. The van der Waals surface area contributed by atoms with Crippen molar-refractivity contribution in [3.8, 4) is 11.4 Å². The van der Waals surface area contributed by atoms with Crippen molar-refractivity contribution in [2.75, 3.05) is 18.1 Å². The number of amides is 2.